The number of hydrogen-bond acceptors (Lipinski definition) is 3. The largest absolute Gasteiger partial charge is 0.416 e. The second kappa shape index (κ2) is 8.60. The molecule has 27 heavy (non-hydrogen) atoms. The summed E-state index contributed by atoms with van der Waals surface area (Å²) in [5.41, 5.74) is 0.978. The molecule has 0 fully saturated rings. The topological polar surface area (TPSA) is 58.2 Å². The first kappa shape index (κ1) is 21.7. The summed E-state index contributed by atoms with van der Waals surface area (Å²) in [7, 11) is -3.91. The van der Waals surface area contributed by atoms with Crippen LogP contribution < -0.4 is 10.0 Å². The van der Waals surface area contributed by atoms with Crippen LogP contribution in [0.5, 0.6) is 0 Å². The molecular weight excluding hydrogens is 401 g/mol. The minimum Gasteiger partial charge on any atom is -0.308 e. The van der Waals surface area contributed by atoms with Crippen LogP contribution in [0, 0.1) is 0 Å². The van der Waals surface area contributed by atoms with E-state index in [9.17, 15) is 21.6 Å². The van der Waals surface area contributed by atoms with Crippen molar-refractivity contribution in [2.45, 2.75) is 24.4 Å². The fraction of sp³-hybridized carbons (Fsp3) is 0.333. The van der Waals surface area contributed by atoms with Crippen LogP contribution in [0.4, 0.5) is 13.2 Å². The van der Waals surface area contributed by atoms with Crippen molar-refractivity contribution in [3.05, 3.63) is 70.8 Å². The van der Waals surface area contributed by atoms with Gasteiger partial charge in [-0.25, -0.2) is 13.1 Å². The smallest absolute Gasteiger partial charge is 0.308 e. The van der Waals surface area contributed by atoms with Crippen LogP contribution >= 0.6 is 12.4 Å². The molecule has 1 unspecified atom stereocenters. The van der Waals surface area contributed by atoms with Gasteiger partial charge in [-0.1, -0.05) is 42.5 Å². The zero-order chi connectivity index (χ0) is 18.8. The van der Waals surface area contributed by atoms with E-state index in [1.807, 2.05) is 24.3 Å². The quantitative estimate of drug-likeness (QED) is 0.779. The van der Waals surface area contributed by atoms with Crippen LogP contribution in [0.25, 0.3) is 0 Å². The second-order valence-corrected chi connectivity index (χ2v) is 8.02. The molecular formula is C18H20ClF3N2O2S. The molecule has 2 aromatic carbocycles. The number of benzene rings is 2. The van der Waals surface area contributed by atoms with Gasteiger partial charge in [0, 0.05) is 12.6 Å². The normalized spacial score (nSPS) is 17.1. The van der Waals surface area contributed by atoms with Crippen LogP contribution in [0.15, 0.2) is 48.5 Å². The lowest BCUT2D eigenvalue weighted by Crippen LogP contribution is -2.39. The van der Waals surface area contributed by atoms with E-state index < -0.39 is 27.5 Å². The van der Waals surface area contributed by atoms with Gasteiger partial charge >= 0.3 is 6.18 Å². The van der Waals surface area contributed by atoms with Gasteiger partial charge in [-0.15, -0.1) is 12.4 Å². The van der Waals surface area contributed by atoms with Crippen molar-refractivity contribution in [2.75, 3.05) is 13.1 Å². The summed E-state index contributed by atoms with van der Waals surface area (Å²) in [6.07, 6.45) is -3.73. The molecule has 2 N–H and O–H groups in total. The molecule has 9 heteroatoms. The highest BCUT2D eigenvalue weighted by atomic mass is 35.5. The van der Waals surface area contributed by atoms with Crippen molar-refractivity contribution >= 4 is 22.4 Å². The summed E-state index contributed by atoms with van der Waals surface area (Å²) in [5.74, 6) is -0.711. The fourth-order valence-corrected chi connectivity index (χ4v) is 4.35. The second-order valence-electron chi connectivity index (χ2n) is 6.22. The van der Waals surface area contributed by atoms with Crippen molar-refractivity contribution in [3.8, 4) is 0 Å². The minimum atomic E-state index is -4.59. The Labute approximate surface area is 162 Å². The highest BCUT2D eigenvalue weighted by molar-refractivity contribution is 7.88. The third-order valence-corrected chi connectivity index (χ3v) is 5.69. The van der Waals surface area contributed by atoms with Gasteiger partial charge < -0.3 is 5.32 Å². The molecule has 0 saturated heterocycles. The Kier molecular flexibility index (Phi) is 6.91. The molecule has 1 aliphatic heterocycles. The first-order chi connectivity index (χ1) is 12.3. The van der Waals surface area contributed by atoms with Crippen molar-refractivity contribution < 1.29 is 21.6 Å². The number of halogens is 4. The summed E-state index contributed by atoms with van der Waals surface area (Å²) in [5, 5.41) is 3.24. The maximum Gasteiger partial charge on any atom is 0.416 e. The Morgan fingerprint density at radius 3 is 2.48 bits per heavy atom. The van der Waals surface area contributed by atoms with E-state index in [-0.39, 0.29) is 30.6 Å². The summed E-state index contributed by atoms with van der Waals surface area (Å²) < 4.78 is 66.2. The van der Waals surface area contributed by atoms with E-state index >= 15 is 0 Å². The third-order valence-electron chi connectivity index (χ3n) is 4.39. The molecule has 0 saturated carbocycles. The van der Waals surface area contributed by atoms with Crippen molar-refractivity contribution in [3.63, 3.8) is 0 Å². The first-order valence-electron chi connectivity index (χ1n) is 8.20. The summed E-state index contributed by atoms with van der Waals surface area (Å²) in [6.45, 7) is 0.813. The highest BCUT2D eigenvalue weighted by Crippen LogP contribution is 2.32. The van der Waals surface area contributed by atoms with Gasteiger partial charge in [-0.3, -0.25) is 0 Å². The minimum absolute atomic E-state index is 0. The van der Waals surface area contributed by atoms with Gasteiger partial charge in [-0.2, -0.15) is 13.2 Å². The van der Waals surface area contributed by atoms with E-state index in [0.717, 1.165) is 30.2 Å². The zero-order valence-corrected chi connectivity index (χ0v) is 15.9. The molecule has 0 aromatic heterocycles. The lowest BCUT2D eigenvalue weighted by molar-refractivity contribution is -0.138. The Morgan fingerprint density at radius 2 is 1.74 bits per heavy atom. The Morgan fingerprint density at radius 1 is 1.07 bits per heavy atom. The predicted molar refractivity (Wildman–Crippen MR) is 100 cm³/mol. The molecule has 0 aliphatic carbocycles. The van der Waals surface area contributed by atoms with Crippen LogP contribution in [0.3, 0.4) is 0 Å². The monoisotopic (exact) mass is 420 g/mol. The lowest BCUT2D eigenvalue weighted by atomic mass is 9.95. The number of fused-ring (bicyclic) bond motifs is 1. The lowest BCUT2D eigenvalue weighted by Gasteiger charge is -2.27. The SMILES string of the molecule is Cl.O=S(=O)(Cc1ccccc1C(F)(F)F)NCC1NCCc2ccccc21. The van der Waals surface area contributed by atoms with E-state index in [1.165, 1.54) is 18.2 Å². The number of sulfonamides is 1. The van der Waals surface area contributed by atoms with Crippen LogP contribution in [0.1, 0.15) is 28.3 Å². The molecule has 3 rings (SSSR count). The van der Waals surface area contributed by atoms with Gasteiger partial charge in [0.1, 0.15) is 0 Å². The van der Waals surface area contributed by atoms with E-state index in [0.29, 0.717) is 0 Å². The van der Waals surface area contributed by atoms with Crippen LogP contribution in [-0.4, -0.2) is 21.5 Å². The number of rotatable bonds is 5. The number of nitrogens with one attached hydrogen (secondary N) is 2. The molecule has 0 bridgehead atoms. The van der Waals surface area contributed by atoms with E-state index in [2.05, 4.69) is 10.0 Å². The van der Waals surface area contributed by atoms with Gasteiger partial charge in [-0.05, 0) is 35.7 Å². The Hall–Kier alpha value is -1.61. The zero-order valence-electron chi connectivity index (χ0n) is 14.3. The van der Waals surface area contributed by atoms with Gasteiger partial charge in [0.15, 0.2) is 0 Å². The highest BCUT2D eigenvalue weighted by Gasteiger charge is 2.34. The van der Waals surface area contributed by atoms with Crippen LogP contribution in [0.2, 0.25) is 0 Å². The van der Waals surface area contributed by atoms with E-state index in [4.69, 9.17) is 0 Å². The van der Waals surface area contributed by atoms with Gasteiger partial charge in [0.25, 0.3) is 0 Å². The van der Waals surface area contributed by atoms with Crippen molar-refractivity contribution in [2.24, 2.45) is 0 Å². The number of alkyl halides is 3. The molecule has 4 nitrogen and oxygen atoms in total. The first-order valence-corrected chi connectivity index (χ1v) is 9.85. The molecule has 1 aliphatic rings. The standard InChI is InChI=1S/C18H19F3N2O2S.ClH/c19-18(20,21)16-8-4-2-6-14(16)12-26(24,25)23-11-17-15-7-3-1-5-13(15)9-10-22-17;/h1-8,17,22-23H,9-12H2;1H. The molecule has 148 valence electrons. The number of hydrogen-bond donors (Lipinski definition) is 2. The average Bonchev–Trinajstić information content (AvgIpc) is 2.59. The Bertz CT molecular complexity index is 888. The summed E-state index contributed by atoms with van der Waals surface area (Å²) in [4.78, 5) is 0. The molecule has 1 heterocycles. The average molecular weight is 421 g/mol. The maximum absolute atomic E-state index is 13.0. The van der Waals surface area contributed by atoms with E-state index in [1.54, 1.807) is 0 Å². The molecule has 0 amide bonds. The van der Waals surface area contributed by atoms with Gasteiger partial charge in [0.05, 0.1) is 11.3 Å². The Balaban J connectivity index is 0.00000261. The van der Waals surface area contributed by atoms with Crippen molar-refractivity contribution in [1.29, 1.82) is 0 Å². The fourth-order valence-electron chi connectivity index (χ4n) is 3.16. The summed E-state index contributed by atoms with van der Waals surface area (Å²) >= 11 is 0. The third kappa shape index (κ3) is 5.44. The summed E-state index contributed by atoms with van der Waals surface area (Å²) in [6, 6.07) is 12.3. The molecule has 1 atom stereocenters. The van der Waals surface area contributed by atoms with Crippen LogP contribution in [-0.2, 0) is 28.4 Å². The molecule has 0 spiro atoms. The molecule has 2 aromatic rings. The molecule has 0 radical (unpaired) electrons. The predicted octanol–water partition coefficient (Wildman–Crippen LogP) is 3.43. The van der Waals surface area contributed by atoms with Gasteiger partial charge in [0.2, 0.25) is 10.0 Å². The maximum atomic E-state index is 13.0. The van der Waals surface area contributed by atoms with Crippen molar-refractivity contribution in [1.82, 2.24) is 10.0 Å².